The van der Waals surface area contributed by atoms with E-state index in [-0.39, 0.29) is 11.5 Å². The minimum Gasteiger partial charge on any atom is -0.299 e. The lowest BCUT2D eigenvalue weighted by atomic mass is 10.0. The van der Waals surface area contributed by atoms with Crippen molar-refractivity contribution in [2.75, 3.05) is 5.32 Å². The van der Waals surface area contributed by atoms with Crippen LogP contribution in [0.15, 0.2) is 40.8 Å². The minimum atomic E-state index is -0.693. The molecule has 0 aliphatic rings. The standard InChI is InChI=1S/C24H27N5O2S2/c1-5-15-7-9-16(10-8-15)17-12-32-22-20(17)23(31)29(13-25-22)18(6-2)21(30)26-24-28-27-19(33-24)11-14(3)4/h7-10,12-14,18H,5-6,11H2,1-4H3,(H,26,28,30). The van der Waals surface area contributed by atoms with E-state index in [0.717, 1.165) is 29.0 Å². The van der Waals surface area contributed by atoms with Gasteiger partial charge in [0, 0.05) is 17.4 Å². The molecule has 33 heavy (non-hydrogen) atoms. The number of amides is 1. The van der Waals surface area contributed by atoms with Crippen LogP contribution in [-0.2, 0) is 17.6 Å². The number of aryl methyl sites for hydroxylation is 1. The summed E-state index contributed by atoms with van der Waals surface area (Å²) in [5.41, 5.74) is 2.85. The van der Waals surface area contributed by atoms with Crippen molar-refractivity contribution in [3.8, 4) is 11.1 Å². The second-order valence-corrected chi connectivity index (χ2v) is 10.3. The summed E-state index contributed by atoms with van der Waals surface area (Å²) >= 11 is 2.81. The Bertz CT molecular complexity index is 1320. The Morgan fingerprint density at radius 3 is 2.58 bits per heavy atom. The molecule has 0 fully saturated rings. The highest BCUT2D eigenvalue weighted by molar-refractivity contribution is 7.17. The first-order valence-corrected chi connectivity index (χ1v) is 12.8. The summed E-state index contributed by atoms with van der Waals surface area (Å²) in [6.45, 7) is 8.21. The van der Waals surface area contributed by atoms with E-state index < -0.39 is 6.04 Å². The number of anilines is 1. The van der Waals surface area contributed by atoms with Crippen molar-refractivity contribution in [3.63, 3.8) is 0 Å². The molecule has 172 valence electrons. The molecular weight excluding hydrogens is 454 g/mol. The van der Waals surface area contributed by atoms with E-state index in [1.807, 2.05) is 24.4 Å². The van der Waals surface area contributed by atoms with Gasteiger partial charge in [-0.3, -0.25) is 19.5 Å². The molecule has 0 saturated carbocycles. The zero-order chi connectivity index (χ0) is 23.5. The van der Waals surface area contributed by atoms with Crippen LogP contribution in [0.4, 0.5) is 5.13 Å². The van der Waals surface area contributed by atoms with E-state index in [1.54, 1.807) is 0 Å². The monoisotopic (exact) mass is 481 g/mol. The highest BCUT2D eigenvalue weighted by Gasteiger charge is 2.24. The molecule has 1 amide bonds. The second kappa shape index (κ2) is 9.93. The average Bonchev–Trinajstić information content (AvgIpc) is 3.42. The fourth-order valence-corrected chi connectivity index (χ4v) is 5.59. The third-order valence-electron chi connectivity index (χ3n) is 5.50. The Morgan fingerprint density at radius 2 is 1.91 bits per heavy atom. The number of nitrogens with one attached hydrogen (secondary N) is 1. The number of benzene rings is 1. The first kappa shape index (κ1) is 23.3. The molecular formula is C24H27N5O2S2. The zero-order valence-corrected chi connectivity index (χ0v) is 20.8. The zero-order valence-electron chi connectivity index (χ0n) is 19.2. The summed E-state index contributed by atoms with van der Waals surface area (Å²) in [5, 5.41) is 14.9. The SMILES string of the molecule is CCc1ccc(-c2csc3ncn(C(CC)C(=O)Nc4nnc(CC(C)C)s4)c(=O)c23)cc1. The van der Waals surface area contributed by atoms with Crippen LogP contribution in [0.2, 0.25) is 0 Å². The topological polar surface area (TPSA) is 89.8 Å². The number of fused-ring (bicyclic) bond motifs is 1. The molecule has 0 saturated heterocycles. The average molecular weight is 482 g/mol. The molecule has 0 aliphatic carbocycles. The summed E-state index contributed by atoms with van der Waals surface area (Å²) in [6.07, 6.45) is 3.69. The fourth-order valence-electron chi connectivity index (χ4n) is 3.73. The Labute approximate surface area is 200 Å². The molecule has 7 nitrogen and oxygen atoms in total. The van der Waals surface area contributed by atoms with Crippen LogP contribution in [0.1, 0.15) is 50.7 Å². The van der Waals surface area contributed by atoms with Gasteiger partial charge in [-0.2, -0.15) is 0 Å². The third-order valence-corrected chi connectivity index (χ3v) is 7.24. The molecule has 1 atom stereocenters. The number of carbonyl (C=O) groups excluding carboxylic acids is 1. The predicted octanol–water partition coefficient (Wildman–Crippen LogP) is 5.33. The van der Waals surface area contributed by atoms with Gasteiger partial charge in [-0.05, 0) is 29.9 Å². The van der Waals surface area contributed by atoms with Gasteiger partial charge in [0.15, 0.2) is 0 Å². The predicted molar refractivity (Wildman–Crippen MR) is 135 cm³/mol. The van der Waals surface area contributed by atoms with Crippen LogP contribution in [0, 0.1) is 5.92 Å². The highest BCUT2D eigenvalue weighted by Crippen LogP contribution is 2.31. The Hall–Kier alpha value is -2.91. The Balaban J connectivity index is 1.65. The van der Waals surface area contributed by atoms with E-state index in [9.17, 15) is 9.59 Å². The van der Waals surface area contributed by atoms with Gasteiger partial charge in [0.1, 0.15) is 15.9 Å². The van der Waals surface area contributed by atoms with Crippen molar-refractivity contribution in [3.05, 3.63) is 56.9 Å². The van der Waals surface area contributed by atoms with Crippen LogP contribution in [0.3, 0.4) is 0 Å². The van der Waals surface area contributed by atoms with Crippen molar-refractivity contribution in [1.29, 1.82) is 0 Å². The van der Waals surface area contributed by atoms with Gasteiger partial charge in [0.05, 0.1) is 11.7 Å². The van der Waals surface area contributed by atoms with Crippen LogP contribution < -0.4 is 10.9 Å². The summed E-state index contributed by atoms with van der Waals surface area (Å²) in [4.78, 5) is 31.7. The van der Waals surface area contributed by atoms with Crippen molar-refractivity contribution >= 4 is 43.9 Å². The van der Waals surface area contributed by atoms with Gasteiger partial charge in [-0.1, -0.05) is 63.3 Å². The minimum absolute atomic E-state index is 0.212. The van der Waals surface area contributed by atoms with E-state index >= 15 is 0 Å². The van der Waals surface area contributed by atoms with Gasteiger partial charge in [-0.25, -0.2) is 4.98 Å². The molecule has 0 bridgehead atoms. The lowest BCUT2D eigenvalue weighted by molar-refractivity contribution is -0.119. The maximum atomic E-state index is 13.5. The van der Waals surface area contributed by atoms with E-state index in [0.29, 0.717) is 27.7 Å². The largest absolute Gasteiger partial charge is 0.299 e. The van der Waals surface area contributed by atoms with E-state index in [4.69, 9.17) is 0 Å². The molecule has 3 aromatic heterocycles. The normalized spacial score (nSPS) is 12.4. The fraction of sp³-hybridized carbons (Fsp3) is 0.375. The maximum absolute atomic E-state index is 13.5. The van der Waals surface area contributed by atoms with Gasteiger partial charge < -0.3 is 0 Å². The summed E-state index contributed by atoms with van der Waals surface area (Å²) in [6, 6.07) is 7.52. The molecule has 4 rings (SSSR count). The molecule has 1 aromatic carbocycles. The summed E-state index contributed by atoms with van der Waals surface area (Å²) < 4.78 is 1.43. The molecule has 3 heterocycles. The first-order chi connectivity index (χ1) is 15.9. The number of hydrogen-bond donors (Lipinski definition) is 1. The van der Waals surface area contributed by atoms with E-state index in [1.165, 1.54) is 39.1 Å². The van der Waals surface area contributed by atoms with Gasteiger partial charge in [-0.15, -0.1) is 21.5 Å². The third kappa shape index (κ3) is 4.89. The molecule has 1 unspecified atom stereocenters. The number of carbonyl (C=O) groups is 1. The highest BCUT2D eigenvalue weighted by atomic mass is 32.1. The quantitative estimate of drug-likeness (QED) is 0.367. The first-order valence-electron chi connectivity index (χ1n) is 11.1. The van der Waals surface area contributed by atoms with E-state index in [2.05, 4.69) is 53.4 Å². The van der Waals surface area contributed by atoms with Gasteiger partial charge in [0.25, 0.3) is 5.56 Å². The molecule has 0 aliphatic heterocycles. The van der Waals surface area contributed by atoms with Crippen molar-refractivity contribution in [2.24, 2.45) is 5.92 Å². The van der Waals surface area contributed by atoms with Crippen molar-refractivity contribution in [2.45, 2.75) is 53.0 Å². The lowest BCUT2D eigenvalue weighted by Gasteiger charge is -2.16. The van der Waals surface area contributed by atoms with Crippen molar-refractivity contribution in [1.82, 2.24) is 19.7 Å². The second-order valence-electron chi connectivity index (χ2n) is 8.35. The molecule has 0 radical (unpaired) electrons. The number of thiophene rings is 1. The summed E-state index contributed by atoms with van der Waals surface area (Å²) in [5.74, 6) is 0.163. The number of rotatable bonds is 8. The maximum Gasteiger partial charge on any atom is 0.263 e. The number of hydrogen-bond acceptors (Lipinski definition) is 7. The molecule has 9 heteroatoms. The van der Waals surface area contributed by atoms with Crippen LogP contribution >= 0.6 is 22.7 Å². The van der Waals surface area contributed by atoms with Crippen molar-refractivity contribution < 1.29 is 4.79 Å². The van der Waals surface area contributed by atoms with Crippen LogP contribution in [0.25, 0.3) is 21.3 Å². The molecule has 4 aromatic rings. The Morgan fingerprint density at radius 1 is 1.15 bits per heavy atom. The van der Waals surface area contributed by atoms with Crippen LogP contribution in [-0.4, -0.2) is 25.7 Å². The van der Waals surface area contributed by atoms with Gasteiger partial charge >= 0.3 is 0 Å². The number of nitrogens with zero attached hydrogens (tertiary/aromatic N) is 4. The molecule has 1 N–H and O–H groups in total. The lowest BCUT2D eigenvalue weighted by Crippen LogP contribution is -2.33. The Kier molecular flexibility index (Phi) is 6.99. The van der Waals surface area contributed by atoms with Gasteiger partial charge in [0.2, 0.25) is 11.0 Å². The molecule has 0 spiro atoms. The smallest absolute Gasteiger partial charge is 0.263 e. The number of aromatic nitrogens is 4. The van der Waals surface area contributed by atoms with Crippen LogP contribution in [0.5, 0.6) is 0 Å². The summed E-state index contributed by atoms with van der Waals surface area (Å²) in [7, 11) is 0.